The molecule has 4 rings (SSSR count). The first-order valence-corrected chi connectivity index (χ1v) is 10.6. The molecule has 5 heteroatoms. The third kappa shape index (κ3) is 4.99. The van der Waals surface area contributed by atoms with Crippen molar-refractivity contribution in [2.75, 3.05) is 6.61 Å². The van der Waals surface area contributed by atoms with Crippen LogP contribution < -0.4 is 4.74 Å². The van der Waals surface area contributed by atoms with Gasteiger partial charge in [-0.2, -0.15) is 0 Å². The van der Waals surface area contributed by atoms with Crippen molar-refractivity contribution in [3.05, 3.63) is 90.5 Å². The number of ketones is 1. The first kappa shape index (κ1) is 20.0. The normalized spacial score (nSPS) is 10.7. The van der Waals surface area contributed by atoms with Gasteiger partial charge in [0.2, 0.25) is 0 Å². The molecule has 0 N–H and O–H groups in total. The number of nitrogens with zero attached hydrogens (tertiary/aromatic N) is 1. The van der Waals surface area contributed by atoms with Crippen molar-refractivity contribution in [2.45, 2.75) is 17.9 Å². The standard InChI is InChI=1S/C25H21NO3S/c1-18(27)16-28-22-14-8-9-19(15-22)17-30-25-26-23(20-10-4-2-5-11-20)24(29-25)21-12-6-3-7-13-21/h2-15H,16-17H2,1H3. The van der Waals surface area contributed by atoms with Crippen LogP contribution >= 0.6 is 11.8 Å². The van der Waals surface area contributed by atoms with E-state index in [1.807, 2.05) is 84.9 Å². The molecule has 0 spiro atoms. The van der Waals surface area contributed by atoms with Crippen LogP contribution in [-0.4, -0.2) is 17.4 Å². The molecule has 0 aliphatic rings. The van der Waals surface area contributed by atoms with Crippen LogP contribution in [0.25, 0.3) is 22.6 Å². The number of benzene rings is 3. The molecule has 4 aromatic rings. The second kappa shape index (κ2) is 9.46. The summed E-state index contributed by atoms with van der Waals surface area (Å²) in [4.78, 5) is 15.9. The summed E-state index contributed by atoms with van der Waals surface area (Å²) < 4.78 is 11.7. The fraction of sp³-hybridized carbons (Fsp3) is 0.120. The van der Waals surface area contributed by atoms with Crippen LogP contribution in [-0.2, 0) is 10.5 Å². The molecule has 0 bridgehead atoms. The Morgan fingerprint density at radius 2 is 1.63 bits per heavy atom. The molecule has 0 radical (unpaired) electrons. The minimum Gasteiger partial charge on any atom is -0.486 e. The van der Waals surface area contributed by atoms with Crippen molar-refractivity contribution in [3.63, 3.8) is 0 Å². The Morgan fingerprint density at radius 1 is 0.933 bits per heavy atom. The third-order valence-electron chi connectivity index (χ3n) is 4.39. The van der Waals surface area contributed by atoms with Crippen LogP contribution in [0.1, 0.15) is 12.5 Å². The van der Waals surface area contributed by atoms with Crippen LogP contribution in [0, 0.1) is 0 Å². The molecule has 0 amide bonds. The molecule has 0 fully saturated rings. The molecular weight excluding hydrogens is 394 g/mol. The maximum absolute atomic E-state index is 11.1. The monoisotopic (exact) mass is 415 g/mol. The van der Waals surface area contributed by atoms with Gasteiger partial charge in [0.05, 0.1) is 0 Å². The number of hydrogen-bond donors (Lipinski definition) is 0. The molecular formula is C25H21NO3S. The number of carbonyl (C=O) groups is 1. The minimum absolute atomic E-state index is 0.00329. The van der Waals surface area contributed by atoms with Crippen LogP contribution in [0.5, 0.6) is 5.75 Å². The van der Waals surface area contributed by atoms with Gasteiger partial charge in [0, 0.05) is 16.9 Å². The number of carbonyl (C=O) groups excluding carboxylic acids is 1. The highest BCUT2D eigenvalue weighted by molar-refractivity contribution is 7.98. The first-order chi connectivity index (χ1) is 14.7. The highest BCUT2D eigenvalue weighted by atomic mass is 32.2. The van der Waals surface area contributed by atoms with Gasteiger partial charge in [-0.25, -0.2) is 4.98 Å². The lowest BCUT2D eigenvalue weighted by Crippen LogP contribution is -2.06. The van der Waals surface area contributed by atoms with Crippen LogP contribution in [0.15, 0.2) is 94.6 Å². The molecule has 0 saturated heterocycles. The summed E-state index contributed by atoms with van der Waals surface area (Å²) in [5.41, 5.74) is 3.92. The maximum Gasteiger partial charge on any atom is 0.257 e. The highest BCUT2D eigenvalue weighted by Crippen LogP contribution is 2.36. The van der Waals surface area contributed by atoms with E-state index in [9.17, 15) is 4.79 Å². The van der Waals surface area contributed by atoms with Crippen molar-refractivity contribution in [3.8, 4) is 28.3 Å². The molecule has 0 aliphatic carbocycles. The van der Waals surface area contributed by atoms with Crippen molar-refractivity contribution < 1.29 is 13.9 Å². The summed E-state index contributed by atoms with van der Waals surface area (Å²) in [6.07, 6.45) is 0. The molecule has 30 heavy (non-hydrogen) atoms. The second-order valence-corrected chi connectivity index (χ2v) is 7.74. The molecule has 0 unspecified atom stereocenters. The smallest absolute Gasteiger partial charge is 0.257 e. The highest BCUT2D eigenvalue weighted by Gasteiger charge is 2.17. The van der Waals surface area contributed by atoms with E-state index in [4.69, 9.17) is 14.1 Å². The van der Waals surface area contributed by atoms with Gasteiger partial charge in [-0.15, -0.1) is 0 Å². The maximum atomic E-state index is 11.1. The molecule has 150 valence electrons. The van der Waals surface area contributed by atoms with E-state index in [0.717, 1.165) is 28.1 Å². The van der Waals surface area contributed by atoms with Gasteiger partial charge >= 0.3 is 0 Å². The van der Waals surface area contributed by atoms with Crippen LogP contribution in [0.2, 0.25) is 0 Å². The van der Waals surface area contributed by atoms with Gasteiger partial charge in [-0.1, -0.05) is 84.6 Å². The number of hydrogen-bond acceptors (Lipinski definition) is 5. The van der Waals surface area contributed by atoms with Crippen molar-refractivity contribution in [1.29, 1.82) is 0 Å². The van der Waals surface area contributed by atoms with E-state index in [-0.39, 0.29) is 12.4 Å². The van der Waals surface area contributed by atoms with E-state index in [1.165, 1.54) is 18.7 Å². The molecule has 1 aromatic heterocycles. The van der Waals surface area contributed by atoms with Gasteiger partial charge in [-0.05, 0) is 24.6 Å². The van der Waals surface area contributed by atoms with Gasteiger partial charge in [0.1, 0.15) is 18.1 Å². The zero-order chi connectivity index (χ0) is 20.8. The van der Waals surface area contributed by atoms with E-state index in [1.54, 1.807) is 0 Å². The lowest BCUT2D eigenvalue weighted by Gasteiger charge is -2.05. The van der Waals surface area contributed by atoms with Crippen molar-refractivity contribution in [2.24, 2.45) is 0 Å². The van der Waals surface area contributed by atoms with E-state index < -0.39 is 0 Å². The summed E-state index contributed by atoms with van der Waals surface area (Å²) in [5, 5.41) is 0.614. The zero-order valence-corrected chi connectivity index (χ0v) is 17.4. The third-order valence-corrected chi connectivity index (χ3v) is 5.29. The lowest BCUT2D eigenvalue weighted by atomic mass is 10.1. The summed E-state index contributed by atoms with van der Waals surface area (Å²) in [5.74, 6) is 2.13. The van der Waals surface area contributed by atoms with Gasteiger partial charge in [0.15, 0.2) is 11.5 Å². The fourth-order valence-corrected chi connectivity index (χ4v) is 3.76. The molecule has 0 atom stereocenters. The Hall–Kier alpha value is -3.31. The topological polar surface area (TPSA) is 52.3 Å². The zero-order valence-electron chi connectivity index (χ0n) is 16.6. The Bertz CT molecular complexity index is 1070. The van der Waals surface area contributed by atoms with E-state index >= 15 is 0 Å². The first-order valence-electron chi connectivity index (χ1n) is 9.65. The SMILES string of the molecule is CC(=O)COc1cccc(CSc2nc(-c3ccccc3)c(-c3ccccc3)o2)c1. The van der Waals surface area contributed by atoms with Gasteiger partial charge < -0.3 is 9.15 Å². The summed E-state index contributed by atoms with van der Waals surface area (Å²) in [6.45, 7) is 1.59. The number of Topliss-reactive ketones (excluding diaryl/α,β-unsaturated/α-hetero) is 1. The molecule has 3 aromatic carbocycles. The van der Waals surface area contributed by atoms with Crippen LogP contribution in [0.4, 0.5) is 0 Å². The van der Waals surface area contributed by atoms with Gasteiger partial charge in [-0.3, -0.25) is 4.79 Å². The average Bonchev–Trinajstić information content (AvgIpc) is 3.22. The van der Waals surface area contributed by atoms with Crippen molar-refractivity contribution >= 4 is 17.5 Å². The Kier molecular flexibility index (Phi) is 6.30. The minimum atomic E-state index is -0.00329. The van der Waals surface area contributed by atoms with Gasteiger partial charge in [0.25, 0.3) is 5.22 Å². The lowest BCUT2D eigenvalue weighted by molar-refractivity contribution is -0.118. The number of ether oxygens (including phenoxy) is 1. The van der Waals surface area contributed by atoms with Crippen LogP contribution in [0.3, 0.4) is 0 Å². The number of thioether (sulfide) groups is 1. The summed E-state index contributed by atoms with van der Waals surface area (Å²) >= 11 is 1.53. The molecule has 0 aliphatic heterocycles. The second-order valence-electron chi connectivity index (χ2n) is 6.82. The predicted octanol–water partition coefficient (Wildman–Crippen LogP) is 6.27. The summed E-state index contributed by atoms with van der Waals surface area (Å²) in [6, 6.07) is 27.8. The van der Waals surface area contributed by atoms with Crippen molar-refractivity contribution in [1.82, 2.24) is 4.98 Å². The fourth-order valence-electron chi connectivity index (χ4n) is 2.99. The quantitative estimate of drug-likeness (QED) is 0.318. The molecule has 0 saturated carbocycles. The largest absolute Gasteiger partial charge is 0.486 e. The summed E-state index contributed by atoms with van der Waals surface area (Å²) in [7, 11) is 0. The number of oxazole rings is 1. The predicted molar refractivity (Wildman–Crippen MR) is 120 cm³/mol. The molecule has 4 nitrogen and oxygen atoms in total. The molecule has 1 heterocycles. The Labute approximate surface area is 179 Å². The number of rotatable bonds is 8. The van der Waals surface area contributed by atoms with E-state index in [0.29, 0.717) is 16.7 Å². The Balaban J connectivity index is 1.56. The average molecular weight is 416 g/mol. The number of aromatic nitrogens is 1. The van der Waals surface area contributed by atoms with E-state index in [2.05, 4.69) is 0 Å². The Morgan fingerprint density at radius 3 is 2.33 bits per heavy atom.